The molecule has 0 aliphatic carbocycles. The summed E-state index contributed by atoms with van der Waals surface area (Å²) in [5.41, 5.74) is 0.399. The van der Waals surface area contributed by atoms with E-state index in [0.717, 1.165) is 25.9 Å². The molecule has 0 atom stereocenters. The van der Waals surface area contributed by atoms with Gasteiger partial charge in [-0.15, -0.1) is 0 Å². The van der Waals surface area contributed by atoms with E-state index in [1.165, 1.54) is 21.3 Å². The smallest absolute Gasteiger partial charge is 0.279 e. The number of morpholine rings is 1. The van der Waals surface area contributed by atoms with E-state index in [9.17, 15) is 13.2 Å². The van der Waals surface area contributed by atoms with Crippen LogP contribution in [0.2, 0.25) is 0 Å². The maximum absolute atomic E-state index is 13.0. The molecule has 29 heavy (non-hydrogen) atoms. The first kappa shape index (κ1) is 22.0. The highest BCUT2D eigenvalue weighted by Crippen LogP contribution is 2.29. The zero-order valence-corrected chi connectivity index (χ0v) is 18.1. The molecule has 2 heterocycles. The summed E-state index contributed by atoms with van der Waals surface area (Å²) in [6.07, 6.45) is 2.25. The predicted octanol–water partition coefficient (Wildman–Crippen LogP) is 0.360. The molecule has 0 aromatic heterocycles. The molecule has 162 valence electrons. The van der Waals surface area contributed by atoms with Crippen LogP contribution in [0.3, 0.4) is 0 Å². The Hall–Kier alpha value is -1.68. The van der Waals surface area contributed by atoms with Crippen LogP contribution >= 0.6 is 0 Å². The fraction of sp³-hybridized carbons (Fsp3) is 0.650. The molecule has 0 spiro atoms. The van der Waals surface area contributed by atoms with Gasteiger partial charge < -0.3 is 19.7 Å². The molecule has 1 aromatic carbocycles. The lowest BCUT2D eigenvalue weighted by atomic mass is 9.99. The van der Waals surface area contributed by atoms with Gasteiger partial charge in [-0.05, 0) is 43.9 Å². The van der Waals surface area contributed by atoms with E-state index in [4.69, 9.17) is 9.47 Å². The number of benzene rings is 1. The van der Waals surface area contributed by atoms with Crippen molar-refractivity contribution in [1.82, 2.24) is 4.31 Å². The average Bonchev–Trinajstić information content (AvgIpc) is 2.72. The molecule has 2 fully saturated rings. The number of rotatable bonds is 7. The Bertz CT molecular complexity index is 800. The molecule has 9 heteroatoms. The quantitative estimate of drug-likeness (QED) is 0.657. The molecule has 0 unspecified atom stereocenters. The van der Waals surface area contributed by atoms with Crippen LogP contribution in [-0.4, -0.2) is 71.2 Å². The molecule has 2 N–H and O–H groups in total. The van der Waals surface area contributed by atoms with Crippen LogP contribution in [0.25, 0.3) is 0 Å². The van der Waals surface area contributed by atoms with Gasteiger partial charge >= 0.3 is 0 Å². The monoisotopic (exact) mass is 426 g/mol. The molecule has 2 saturated heterocycles. The van der Waals surface area contributed by atoms with Crippen molar-refractivity contribution in [2.45, 2.75) is 31.6 Å². The second-order valence-electron chi connectivity index (χ2n) is 7.76. The Morgan fingerprint density at radius 2 is 1.97 bits per heavy atom. The molecule has 0 bridgehead atoms. The van der Waals surface area contributed by atoms with Crippen molar-refractivity contribution in [3.63, 3.8) is 0 Å². The Morgan fingerprint density at radius 1 is 1.28 bits per heavy atom. The van der Waals surface area contributed by atoms with Gasteiger partial charge in [0.15, 0.2) is 6.54 Å². The summed E-state index contributed by atoms with van der Waals surface area (Å²) in [6, 6.07) is 4.64. The van der Waals surface area contributed by atoms with Crippen LogP contribution in [0.5, 0.6) is 5.75 Å². The number of quaternary nitrogens is 1. The number of sulfonamides is 1. The van der Waals surface area contributed by atoms with Crippen LogP contribution < -0.4 is 15.0 Å². The highest BCUT2D eigenvalue weighted by molar-refractivity contribution is 7.89. The fourth-order valence-corrected chi connectivity index (χ4v) is 5.19. The summed E-state index contributed by atoms with van der Waals surface area (Å²) in [5, 5.41) is 2.88. The Balaban J connectivity index is 1.75. The molecule has 0 saturated carbocycles. The molecule has 8 nitrogen and oxygen atoms in total. The summed E-state index contributed by atoms with van der Waals surface area (Å²) in [7, 11) is -3.64. The lowest BCUT2D eigenvalue weighted by Crippen LogP contribution is -3.14. The van der Waals surface area contributed by atoms with Gasteiger partial charge in [0, 0.05) is 13.1 Å². The Kier molecular flexibility index (Phi) is 7.50. The standard InChI is InChI=1S/C20H31N3O5S/c1-3-28-19-5-4-17(29(25,26)23-10-12-27-13-11-23)14-18(19)21-20(24)15-22-8-6-16(2)7-9-22/h4-5,14,16H,3,6-13,15H2,1-2H3,(H,21,24)/p+1. The first-order valence-corrected chi connectivity index (χ1v) is 11.8. The minimum Gasteiger partial charge on any atom is -0.492 e. The molecular formula is C20H32N3O5S+. The highest BCUT2D eigenvalue weighted by atomic mass is 32.2. The van der Waals surface area contributed by atoms with E-state index in [2.05, 4.69) is 12.2 Å². The lowest BCUT2D eigenvalue weighted by molar-refractivity contribution is -0.897. The number of hydrogen-bond donors (Lipinski definition) is 2. The minimum absolute atomic E-state index is 0.128. The van der Waals surface area contributed by atoms with Gasteiger partial charge in [0.05, 0.1) is 43.5 Å². The topological polar surface area (TPSA) is 89.4 Å². The van der Waals surface area contributed by atoms with Crippen molar-refractivity contribution in [3.8, 4) is 5.75 Å². The lowest BCUT2D eigenvalue weighted by Gasteiger charge is -2.27. The molecule has 0 radical (unpaired) electrons. The minimum atomic E-state index is -3.64. The number of amides is 1. The van der Waals surface area contributed by atoms with E-state index in [1.54, 1.807) is 6.07 Å². The highest BCUT2D eigenvalue weighted by Gasteiger charge is 2.28. The van der Waals surface area contributed by atoms with Crippen molar-refractivity contribution in [3.05, 3.63) is 18.2 Å². The van der Waals surface area contributed by atoms with Gasteiger partial charge in [0.1, 0.15) is 5.75 Å². The van der Waals surface area contributed by atoms with Gasteiger partial charge in [-0.1, -0.05) is 6.92 Å². The van der Waals surface area contributed by atoms with Crippen molar-refractivity contribution >= 4 is 21.6 Å². The van der Waals surface area contributed by atoms with E-state index in [-0.39, 0.29) is 10.8 Å². The van der Waals surface area contributed by atoms with Crippen LogP contribution in [0.4, 0.5) is 5.69 Å². The molecule has 3 rings (SSSR count). The van der Waals surface area contributed by atoms with Gasteiger partial charge in [-0.3, -0.25) is 4.79 Å². The Labute approximate surface area is 173 Å². The number of ether oxygens (including phenoxy) is 2. The summed E-state index contributed by atoms with van der Waals surface area (Å²) in [4.78, 5) is 14.0. The first-order valence-electron chi connectivity index (χ1n) is 10.4. The van der Waals surface area contributed by atoms with E-state index in [1.807, 2.05) is 6.92 Å². The maximum Gasteiger partial charge on any atom is 0.279 e. The number of piperidine rings is 1. The number of nitrogens with zero attached hydrogens (tertiary/aromatic N) is 1. The van der Waals surface area contributed by atoms with Gasteiger partial charge in [0.25, 0.3) is 5.91 Å². The molecule has 1 amide bonds. The molecule has 2 aliphatic rings. The second kappa shape index (κ2) is 9.88. The zero-order valence-electron chi connectivity index (χ0n) is 17.3. The van der Waals surface area contributed by atoms with E-state index >= 15 is 0 Å². The third-order valence-electron chi connectivity index (χ3n) is 5.52. The van der Waals surface area contributed by atoms with E-state index in [0.29, 0.717) is 56.8 Å². The maximum atomic E-state index is 13.0. The summed E-state index contributed by atoms with van der Waals surface area (Å²) < 4.78 is 38.2. The number of likely N-dealkylation sites (tertiary alicyclic amines) is 1. The number of anilines is 1. The second-order valence-corrected chi connectivity index (χ2v) is 9.70. The van der Waals surface area contributed by atoms with Crippen LogP contribution in [0.1, 0.15) is 26.7 Å². The van der Waals surface area contributed by atoms with Crippen molar-refractivity contribution < 1.29 is 27.6 Å². The fourth-order valence-electron chi connectivity index (χ4n) is 3.75. The van der Waals surface area contributed by atoms with Crippen molar-refractivity contribution in [2.75, 3.05) is 57.9 Å². The largest absolute Gasteiger partial charge is 0.492 e. The summed E-state index contributed by atoms with van der Waals surface area (Å²) >= 11 is 0. The third kappa shape index (κ3) is 5.69. The third-order valence-corrected chi connectivity index (χ3v) is 7.42. The number of carbonyl (C=O) groups is 1. The van der Waals surface area contributed by atoms with Gasteiger partial charge in [0.2, 0.25) is 10.0 Å². The number of nitrogens with one attached hydrogen (secondary N) is 2. The molecular weight excluding hydrogens is 394 g/mol. The SMILES string of the molecule is CCOc1ccc(S(=O)(=O)N2CCOCC2)cc1NC(=O)C[NH+]1CCC(C)CC1. The van der Waals surface area contributed by atoms with Crippen molar-refractivity contribution in [2.24, 2.45) is 5.92 Å². The van der Waals surface area contributed by atoms with Crippen LogP contribution in [0.15, 0.2) is 23.1 Å². The average molecular weight is 427 g/mol. The van der Waals surface area contributed by atoms with Gasteiger partial charge in [-0.25, -0.2) is 8.42 Å². The molecule has 2 aliphatic heterocycles. The zero-order chi connectivity index (χ0) is 20.9. The summed E-state index contributed by atoms with van der Waals surface area (Å²) in [5.74, 6) is 1.06. The van der Waals surface area contributed by atoms with Crippen LogP contribution in [0, 0.1) is 5.92 Å². The number of carbonyl (C=O) groups excluding carboxylic acids is 1. The molecule has 1 aromatic rings. The number of hydrogen-bond acceptors (Lipinski definition) is 5. The Morgan fingerprint density at radius 3 is 2.62 bits per heavy atom. The van der Waals surface area contributed by atoms with E-state index < -0.39 is 10.0 Å². The predicted molar refractivity (Wildman–Crippen MR) is 110 cm³/mol. The van der Waals surface area contributed by atoms with Gasteiger partial charge in [-0.2, -0.15) is 4.31 Å². The normalized spacial score (nSPS) is 23.5. The van der Waals surface area contributed by atoms with Crippen molar-refractivity contribution in [1.29, 1.82) is 0 Å². The van der Waals surface area contributed by atoms with Crippen LogP contribution in [-0.2, 0) is 19.6 Å². The summed E-state index contributed by atoms with van der Waals surface area (Å²) in [6.45, 7) is 8.29. The first-order chi connectivity index (χ1) is 13.9.